The first-order chi connectivity index (χ1) is 5.27. The van der Waals surface area contributed by atoms with E-state index in [-0.39, 0.29) is 6.04 Å². The van der Waals surface area contributed by atoms with Gasteiger partial charge >= 0.3 is 0 Å². The number of nitrogens with two attached hydrogens (primary N) is 1. The van der Waals surface area contributed by atoms with E-state index < -0.39 is 0 Å². The lowest BCUT2D eigenvalue weighted by molar-refractivity contribution is 0.348. The fraction of sp³-hybridized carbons (Fsp3) is 0.714. The number of hydrogen-bond donors (Lipinski definition) is 1. The molecule has 0 saturated carbocycles. The molecule has 1 atom stereocenters. The average Bonchev–Trinajstić information content (AvgIpc) is 2.50. The molecule has 4 heteroatoms. The molecule has 2 N–H and O–H groups in total. The van der Waals surface area contributed by atoms with Gasteiger partial charge in [-0.1, -0.05) is 19.0 Å². The van der Waals surface area contributed by atoms with Gasteiger partial charge in [-0.25, -0.2) is 0 Å². The second-order valence-electron chi connectivity index (χ2n) is 2.42. The lowest BCUT2D eigenvalue weighted by atomic mass is 10.2. The van der Waals surface area contributed by atoms with Gasteiger partial charge in [0.2, 0.25) is 5.89 Å². The molecule has 0 spiro atoms. The normalized spacial score (nSPS) is 13.4. The molecule has 0 bridgehead atoms. The number of nitrogens with zero attached hydrogens (tertiary/aromatic N) is 2. The number of aryl methyl sites for hydroxylation is 1. The Labute approximate surface area is 65.8 Å². The molecule has 1 aromatic heterocycles. The SMILES string of the molecule is CCc1noc([C@H](N)CC)n1. The van der Waals surface area contributed by atoms with E-state index in [0.717, 1.165) is 18.7 Å². The lowest BCUT2D eigenvalue weighted by Gasteiger charge is -1.98. The first-order valence-corrected chi connectivity index (χ1v) is 3.86. The Morgan fingerprint density at radius 1 is 1.55 bits per heavy atom. The molecule has 0 aliphatic carbocycles. The van der Waals surface area contributed by atoms with Gasteiger partial charge in [-0.15, -0.1) is 0 Å². The maximum absolute atomic E-state index is 5.67. The molecule has 0 saturated heterocycles. The third-order valence-corrected chi connectivity index (χ3v) is 1.56. The van der Waals surface area contributed by atoms with Gasteiger partial charge in [0.25, 0.3) is 0 Å². The highest BCUT2D eigenvalue weighted by atomic mass is 16.5. The topological polar surface area (TPSA) is 64.9 Å². The average molecular weight is 155 g/mol. The first-order valence-electron chi connectivity index (χ1n) is 3.86. The predicted molar refractivity (Wildman–Crippen MR) is 40.9 cm³/mol. The summed E-state index contributed by atoms with van der Waals surface area (Å²) in [6.07, 6.45) is 1.62. The van der Waals surface area contributed by atoms with E-state index in [9.17, 15) is 0 Å². The molecule has 0 fully saturated rings. The summed E-state index contributed by atoms with van der Waals surface area (Å²) in [6.45, 7) is 3.96. The highest BCUT2D eigenvalue weighted by Crippen LogP contribution is 2.10. The fourth-order valence-electron chi connectivity index (χ4n) is 0.736. The van der Waals surface area contributed by atoms with E-state index in [2.05, 4.69) is 10.1 Å². The summed E-state index contributed by atoms with van der Waals surface area (Å²) < 4.78 is 4.92. The van der Waals surface area contributed by atoms with Crippen LogP contribution in [0.25, 0.3) is 0 Å². The number of aromatic nitrogens is 2. The minimum Gasteiger partial charge on any atom is -0.338 e. The zero-order valence-corrected chi connectivity index (χ0v) is 6.87. The summed E-state index contributed by atoms with van der Waals surface area (Å²) in [7, 11) is 0. The van der Waals surface area contributed by atoms with Gasteiger partial charge in [0.15, 0.2) is 5.82 Å². The first kappa shape index (κ1) is 8.20. The Morgan fingerprint density at radius 3 is 2.73 bits per heavy atom. The van der Waals surface area contributed by atoms with Crippen molar-refractivity contribution < 1.29 is 4.52 Å². The summed E-state index contributed by atoms with van der Waals surface area (Å²) in [5.41, 5.74) is 5.67. The molecular formula is C7H13N3O. The Balaban J connectivity index is 2.71. The van der Waals surface area contributed by atoms with E-state index in [1.807, 2.05) is 13.8 Å². The zero-order chi connectivity index (χ0) is 8.27. The van der Waals surface area contributed by atoms with Crippen LogP contribution in [0.2, 0.25) is 0 Å². The van der Waals surface area contributed by atoms with Crippen molar-refractivity contribution in [2.75, 3.05) is 0 Å². The van der Waals surface area contributed by atoms with Crippen molar-refractivity contribution >= 4 is 0 Å². The van der Waals surface area contributed by atoms with Crippen LogP contribution in [0.15, 0.2) is 4.52 Å². The smallest absolute Gasteiger partial charge is 0.243 e. The molecule has 0 radical (unpaired) electrons. The second kappa shape index (κ2) is 3.48. The largest absolute Gasteiger partial charge is 0.338 e. The molecule has 62 valence electrons. The zero-order valence-electron chi connectivity index (χ0n) is 6.87. The maximum atomic E-state index is 5.67. The monoisotopic (exact) mass is 155 g/mol. The predicted octanol–water partition coefficient (Wildman–Crippen LogP) is 1.04. The fourth-order valence-corrected chi connectivity index (χ4v) is 0.736. The third kappa shape index (κ3) is 1.77. The van der Waals surface area contributed by atoms with Gasteiger partial charge in [-0.3, -0.25) is 0 Å². The van der Waals surface area contributed by atoms with Crippen LogP contribution in [-0.4, -0.2) is 10.1 Å². The third-order valence-electron chi connectivity index (χ3n) is 1.56. The molecule has 0 aliphatic rings. The summed E-state index contributed by atoms with van der Waals surface area (Å²) in [6, 6.07) is -0.109. The summed E-state index contributed by atoms with van der Waals surface area (Å²) in [4.78, 5) is 4.10. The number of hydrogen-bond acceptors (Lipinski definition) is 4. The molecule has 0 amide bonds. The van der Waals surface area contributed by atoms with Crippen LogP contribution >= 0.6 is 0 Å². The highest BCUT2D eigenvalue weighted by molar-refractivity contribution is 4.90. The highest BCUT2D eigenvalue weighted by Gasteiger charge is 2.10. The van der Waals surface area contributed by atoms with Gasteiger partial charge < -0.3 is 10.3 Å². The lowest BCUT2D eigenvalue weighted by Crippen LogP contribution is -2.08. The maximum Gasteiger partial charge on any atom is 0.243 e. The van der Waals surface area contributed by atoms with Crippen molar-refractivity contribution in [3.63, 3.8) is 0 Å². The van der Waals surface area contributed by atoms with E-state index in [1.54, 1.807) is 0 Å². The van der Waals surface area contributed by atoms with Crippen LogP contribution in [0.3, 0.4) is 0 Å². The minimum absolute atomic E-state index is 0.109. The quantitative estimate of drug-likeness (QED) is 0.708. The molecule has 4 nitrogen and oxygen atoms in total. The van der Waals surface area contributed by atoms with E-state index in [0.29, 0.717) is 5.89 Å². The molecule has 1 heterocycles. The molecule has 11 heavy (non-hydrogen) atoms. The van der Waals surface area contributed by atoms with Gasteiger partial charge in [0.1, 0.15) is 0 Å². The van der Waals surface area contributed by atoms with Gasteiger partial charge in [0.05, 0.1) is 6.04 Å². The van der Waals surface area contributed by atoms with E-state index >= 15 is 0 Å². The van der Waals surface area contributed by atoms with Crippen LogP contribution in [0.1, 0.15) is 38.0 Å². The van der Waals surface area contributed by atoms with Crippen LogP contribution in [0, 0.1) is 0 Å². The van der Waals surface area contributed by atoms with Crippen LogP contribution in [0.5, 0.6) is 0 Å². The molecule has 0 aromatic carbocycles. The van der Waals surface area contributed by atoms with Crippen LogP contribution in [0.4, 0.5) is 0 Å². The minimum atomic E-state index is -0.109. The Hall–Kier alpha value is -0.900. The number of rotatable bonds is 3. The van der Waals surface area contributed by atoms with Crippen molar-refractivity contribution in [2.24, 2.45) is 5.73 Å². The Bertz CT molecular complexity index is 221. The van der Waals surface area contributed by atoms with Crippen molar-refractivity contribution in [3.05, 3.63) is 11.7 Å². The molecule has 1 rings (SSSR count). The van der Waals surface area contributed by atoms with Crippen LogP contribution < -0.4 is 5.73 Å². The van der Waals surface area contributed by atoms with Crippen molar-refractivity contribution in [3.8, 4) is 0 Å². The molecule has 1 aromatic rings. The summed E-state index contributed by atoms with van der Waals surface area (Å²) >= 11 is 0. The van der Waals surface area contributed by atoms with Gasteiger partial charge in [-0.2, -0.15) is 4.98 Å². The van der Waals surface area contributed by atoms with E-state index in [4.69, 9.17) is 10.3 Å². The molecular weight excluding hydrogens is 142 g/mol. The van der Waals surface area contributed by atoms with Gasteiger partial charge in [-0.05, 0) is 6.42 Å². The Morgan fingerprint density at radius 2 is 2.27 bits per heavy atom. The van der Waals surface area contributed by atoms with Crippen molar-refractivity contribution in [2.45, 2.75) is 32.7 Å². The summed E-state index contributed by atoms with van der Waals surface area (Å²) in [5.74, 6) is 1.27. The van der Waals surface area contributed by atoms with Gasteiger partial charge in [0, 0.05) is 6.42 Å². The van der Waals surface area contributed by atoms with E-state index in [1.165, 1.54) is 0 Å². The molecule has 0 unspecified atom stereocenters. The van der Waals surface area contributed by atoms with Crippen LogP contribution in [-0.2, 0) is 6.42 Å². The standard InChI is InChI=1S/C7H13N3O/c1-3-5(8)7-9-6(4-2)10-11-7/h5H,3-4,8H2,1-2H3/t5-/m1/s1. The second-order valence-corrected chi connectivity index (χ2v) is 2.42. The Kier molecular flexibility index (Phi) is 2.59. The summed E-state index contributed by atoms with van der Waals surface area (Å²) in [5, 5.41) is 3.74. The molecule has 0 aliphatic heterocycles. The van der Waals surface area contributed by atoms with Crippen molar-refractivity contribution in [1.29, 1.82) is 0 Å². The van der Waals surface area contributed by atoms with Crippen molar-refractivity contribution in [1.82, 2.24) is 10.1 Å².